The van der Waals surface area contributed by atoms with Crippen LogP contribution in [0.2, 0.25) is 0 Å². The van der Waals surface area contributed by atoms with E-state index in [-0.39, 0.29) is 11.7 Å². The SMILES string of the molecule is C[C@H]1CCCC[NH+]1CCCNC(=O)/C=C/c1cccc(F)c1. The summed E-state index contributed by atoms with van der Waals surface area (Å²) in [6.45, 7) is 5.39. The molecule has 0 aromatic heterocycles. The van der Waals surface area contributed by atoms with Crippen molar-refractivity contribution in [2.75, 3.05) is 19.6 Å². The Morgan fingerprint density at radius 2 is 2.32 bits per heavy atom. The monoisotopic (exact) mass is 305 g/mol. The largest absolute Gasteiger partial charge is 0.352 e. The van der Waals surface area contributed by atoms with E-state index in [1.807, 2.05) is 0 Å². The molecule has 1 aliphatic rings. The molecule has 0 bridgehead atoms. The predicted molar refractivity (Wildman–Crippen MR) is 87.1 cm³/mol. The Labute approximate surface area is 132 Å². The van der Waals surface area contributed by atoms with E-state index in [2.05, 4.69) is 12.2 Å². The highest BCUT2D eigenvalue weighted by molar-refractivity contribution is 5.91. The molecular formula is C18H26FN2O+. The predicted octanol–water partition coefficient (Wildman–Crippen LogP) is 1.80. The topological polar surface area (TPSA) is 33.5 Å². The maximum absolute atomic E-state index is 13.0. The second-order valence-corrected chi connectivity index (χ2v) is 6.09. The van der Waals surface area contributed by atoms with Gasteiger partial charge in [-0.2, -0.15) is 0 Å². The molecule has 0 aliphatic carbocycles. The number of nitrogens with one attached hydrogen (secondary N) is 2. The van der Waals surface area contributed by atoms with Gasteiger partial charge < -0.3 is 10.2 Å². The standard InChI is InChI=1S/C18H25FN2O/c1-15-6-2-3-12-21(15)13-5-11-20-18(22)10-9-16-7-4-8-17(19)14-16/h4,7-10,14-15H,2-3,5-6,11-13H2,1H3,(H,20,22)/p+1/b10-9+/t15-/m0/s1. The van der Waals surface area contributed by atoms with E-state index in [1.54, 1.807) is 23.1 Å². The van der Waals surface area contributed by atoms with Gasteiger partial charge in [0.05, 0.1) is 19.1 Å². The zero-order valence-electron chi connectivity index (χ0n) is 13.3. The van der Waals surface area contributed by atoms with Crippen molar-refractivity contribution < 1.29 is 14.1 Å². The van der Waals surface area contributed by atoms with E-state index >= 15 is 0 Å². The fraction of sp³-hybridized carbons (Fsp3) is 0.500. The van der Waals surface area contributed by atoms with Crippen molar-refractivity contribution in [3.63, 3.8) is 0 Å². The zero-order valence-corrected chi connectivity index (χ0v) is 13.3. The molecule has 0 spiro atoms. The summed E-state index contributed by atoms with van der Waals surface area (Å²) in [5.74, 6) is -0.410. The fourth-order valence-electron chi connectivity index (χ4n) is 2.99. The quantitative estimate of drug-likeness (QED) is 0.610. The van der Waals surface area contributed by atoms with Crippen LogP contribution >= 0.6 is 0 Å². The van der Waals surface area contributed by atoms with Gasteiger partial charge in [-0.1, -0.05) is 12.1 Å². The van der Waals surface area contributed by atoms with Crippen LogP contribution in [-0.4, -0.2) is 31.6 Å². The first-order valence-corrected chi connectivity index (χ1v) is 8.21. The molecule has 1 aromatic carbocycles. The molecule has 1 amide bonds. The van der Waals surface area contributed by atoms with Gasteiger partial charge in [-0.15, -0.1) is 0 Å². The molecule has 2 N–H and O–H groups in total. The highest BCUT2D eigenvalue weighted by atomic mass is 19.1. The van der Waals surface area contributed by atoms with Gasteiger partial charge in [0, 0.05) is 19.0 Å². The highest BCUT2D eigenvalue weighted by Gasteiger charge is 2.20. The third-order valence-corrected chi connectivity index (χ3v) is 4.33. The number of piperidine rings is 1. The van der Waals surface area contributed by atoms with Gasteiger partial charge in [0.25, 0.3) is 0 Å². The molecule has 1 aliphatic heterocycles. The van der Waals surface area contributed by atoms with Gasteiger partial charge in [0.2, 0.25) is 5.91 Å². The Bertz CT molecular complexity index is 516. The third-order valence-electron chi connectivity index (χ3n) is 4.33. The van der Waals surface area contributed by atoms with E-state index in [0.717, 1.165) is 19.0 Å². The highest BCUT2D eigenvalue weighted by Crippen LogP contribution is 2.05. The van der Waals surface area contributed by atoms with Crippen molar-refractivity contribution in [1.82, 2.24) is 5.32 Å². The van der Waals surface area contributed by atoms with Crippen molar-refractivity contribution in [1.29, 1.82) is 0 Å². The first-order chi connectivity index (χ1) is 10.6. The van der Waals surface area contributed by atoms with Crippen LogP contribution in [-0.2, 0) is 4.79 Å². The zero-order chi connectivity index (χ0) is 15.8. The van der Waals surface area contributed by atoms with Crippen LogP contribution in [0.25, 0.3) is 6.08 Å². The van der Waals surface area contributed by atoms with Crippen molar-refractivity contribution >= 4 is 12.0 Å². The fourth-order valence-corrected chi connectivity index (χ4v) is 2.99. The summed E-state index contributed by atoms with van der Waals surface area (Å²) in [6.07, 6.45) is 8.09. The number of hydrogen-bond donors (Lipinski definition) is 2. The van der Waals surface area contributed by atoms with Crippen LogP contribution in [0.4, 0.5) is 4.39 Å². The van der Waals surface area contributed by atoms with E-state index in [0.29, 0.717) is 12.1 Å². The van der Waals surface area contributed by atoms with Crippen LogP contribution in [0.3, 0.4) is 0 Å². The molecule has 0 radical (unpaired) electrons. The number of hydrogen-bond acceptors (Lipinski definition) is 1. The molecule has 1 fully saturated rings. The summed E-state index contributed by atoms with van der Waals surface area (Å²) in [6, 6.07) is 6.95. The van der Waals surface area contributed by atoms with Gasteiger partial charge in [-0.3, -0.25) is 4.79 Å². The second kappa shape index (κ2) is 8.69. The lowest BCUT2D eigenvalue weighted by Crippen LogP contribution is -3.16. The number of carbonyl (C=O) groups is 1. The van der Waals surface area contributed by atoms with Crippen molar-refractivity contribution in [2.24, 2.45) is 0 Å². The number of carbonyl (C=O) groups excluding carboxylic acids is 1. The van der Waals surface area contributed by atoms with Crippen molar-refractivity contribution in [3.8, 4) is 0 Å². The summed E-state index contributed by atoms with van der Waals surface area (Å²) in [4.78, 5) is 13.4. The molecule has 2 rings (SSSR count). The van der Waals surface area contributed by atoms with Gasteiger partial charge >= 0.3 is 0 Å². The Kier molecular flexibility index (Phi) is 6.59. The van der Waals surface area contributed by atoms with Crippen LogP contribution < -0.4 is 10.2 Å². The molecule has 0 saturated carbocycles. The lowest BCUT2D eigenvalue weighted by Gasteiger charge is -2.30. The van der Waals surface area contributed by atoms with Gasteiger partial charge in [-0.25, -0.2) is 4.39 Å². The molecule has 1 aromatic rings. The summed E-state index contributed by atoms with van der Waals surface area (Å²) in [7, 11) is 0. The Balaban J connectivity index is 1.65. The van der Waals surface area contributed by atoms with E-state index in [4.69, 9.17) is 0 Å². The number of amides is 1. The third kappa shape index (κ3) is 5.60. The first-order valence-electron chi connectivity index (χ1n) is 8.21. The van der Waals surface area contributed by atoms with E-state index in [1.165, 1.54) is 44.0 Å². The molecule has 120 valence electrons. The smallest absolute Gasteiger partial charge is 0.244 e. The maximum atomic E-state index is 13.0. The number of likely N-dealkylation sites (tertiary alicyclic amines) is 1. The van der Waals surface area contributed by atoms with Crippen LogP contribution in [0, 0.1) is 5.82 Å². The minimum atomic E-state index is -0.291. The molecule has 1 unspecified atom stereocenters. The summed E-state index contributed by atoms with van der Waals surface area (Å²) >= 11 is 0. The molecule has 22 heavy (non-hydrogen) atoms. The summed E-state index contributed by atoms with van der Waals surface area (Å²) in [5.41, 5.74) is 0.696. The second-order valence-electron chi connectivity index (χ2n) is 6.09. The number of halogens is 1. The molecule has 3 nitrogen and oxygen atoms in total. The minimum absolute atomic E-state index is 0.119. The molecule has 2 atom stereocenters. The molecule has 1 saturated heterocycles. The minimum Gasteiger partial charge on any atom is -0.352 e. The van der Waals surface area contributed by atoms with Crippen LogP contribution in [0.1, 0.15) is 38.2 Å². The summed E-state index contributed by atoms with van der Waals surface area (Å²) < 4.78 is 13.0. The number of quaternary nitrogens is 1. The Hall–Kier alpha value is -1.68. The average Bonchev–Trinajstić information content (AvgIpc) is 2.51. The number of benzene rings is 1. The van der Waals surface area contributed by atoms with Gasteiger partial charge in [0.15, 0.2) is 0 Å². The van der Waals surface area contributed by atoms with E-state index < -0.39 is 0 Å². The molecular weight excluding hydrogens is 279 g/mol. The van der Waals surface area contributed by atoms with Gasteiger partial charge in [0.1, 0.15) is 5.82 Å². The normalized spacial score (nSPS) is 21.9. The average molecular weight is 305 g/mol. The maximum Gasteiger partial charge on any atom is 0.244 e. The number of rotatable bonds is 6. The Morgan fingerprint density at radius 1 is 1.45 bits per heavy atom. The lowest BCUT2D eigenvalue weighted by molar-refractivity contribution is -0.928. The summed E-state index contributed by atoms with van der Waals surface area (Å²) in [5, 5.41) is 2.89. The Morgan fingerprint density at radius 3 is 3.09 bits per heavy atom. The first kappa shape index (κ1) is 16.7. The van der Waals surface area contributed by atoms with Crippen molar-refractivity contribution in [2.45, 2.75) is 38.6 Å². The lowest BCUT2D eigenvalue weighted by atomic mass is 10.0. The van der Waals surface area contributed by atoms with E-state index in [9.17, 15) is 9.18 Å². The molecule has 1 heterocycles. The van der Waals surface area contributed by atoms with Crippen LogP contribution in [0.5, 0.6) is 0 Å². The van der Waals surface area contributed by atoms with Gasteiger partial charge in [-0.05, 0) is 50.0 Å². The van der Waals surface area contributed by atoms with Crippen LogP contribution in [0.15, 0.2) is 30.3 Å². The van der Waals surface area contributed by atoms with Crippen molar-refractivity contribution in [3.05, 3.63) is 41.7 Å². The molecule has 4 heteroatoms.